The lowest BCUT2D eigenvalue weighted by Gasteiger charge is -1.98. The van der Waals surface area contributed by atoms with Gasteiger partial charge in [0.15, 0.2) is 5.82 Å². The topological polar surface area (TPSA) is 60.4 Å². The Hall–Kier alpha value is -2.74. The number of benzene rings is 2. The van der Waals surface area contributed by atoms with Gasteiger partial charge >= 0.3 is 0 Å². The van der Waals surface area contributed by atoms with Gasteiger partial charge in [-0.3, -0.25) is 4.79 Å². The first-order chi connectivity index (χ1) is 14.1. The molecule has 142 valence electrons. The Morgan fingerprint density at radius 2 is 1.86 bits per heavy atom. The van der Waals surface area contributed by atoms with Crippen LogP contribution in [0.25, 0.3) is 33.7 Å². The van der Waals surface area contributed by atoms with Crippen LogP contribution in [0, 0.1) is 0 Å². The van der Waals surface area contributed by atoms with Crippen molar-refractivity contribution in [2.75, 3.05) is 0 Å². The summed E-state index contributed by atoms with van der Waals surface area (Å²) in [6.07, 6.45) is 1.70. The van der Waals surface area contributed by atoms with Crippen molar-refractivity contribution in [2.45, 2.75) is 0 Å². The fraction of sp³-hybridized carbons (Fsp3) is 0. The summed E-state index contributed by atoms with van der Waals surface area (Å²) in [5, 5.41) is 4.97. The first-order valence-electron chi connectivity index (χ1n) is 8.60. The van der Waals surface area contributed by atoms with Gasteiger partial charge in [-0.15, -0.1) is 5.10 Å². The SMILES string of the molecule is O=c1/c(=C/c2ccc(-c3ccccc3Cl)o2)sc2nc(-c3ccc(Br)cc3)nn12. The molecule has 0 atom stereocenters. The second-order valence-electron chi connectivity index (χ2n) is 6.23. The van der Waals surface area contributed by atoms with Crippen molar-refractivity contribution in [1.29, 1.82) is 0 Å². The normalized spacial score (nSPS) is 12.1. The van der Waals surface area contributed by atoms with Crippen LogP contribution >= 0.6 is 38.9 Å². The predicted molar refractivity (Wildman–Crippen MR) is 118 cm³/mol. The summed E-state index contributed by atoms with van der Waals surface area (Å²) in [5.74, 6) is 1.73. The highest BCUT2D eigenvalue weighted by Gasteiger charge is 2.13. The van der Waals surface area contributed by atoms with Gasteiger partial charge in [-0.05, 0) is 36.4 Å². The molecule has 0 aliphatic heterocycles. The van der Waals surface area contributed by atoms with E-state index in [-0.39, 0.29) is 5.56 Å². The third-order valence-electron chi connectivity index (χ3n) is 4.32. The van der Waals surface area contributed by atoms with E-state index in [1.165, 1.54) is 15.9 Å². The smallest absolute Gasteiger partial charge is 0.291 e. The van der Waals surface area contributed by atoms with Gasteiger partial charge in [0.05, 0.1) is 5.02 Å². The molecule has 0 spiro atoms. The molecular weight excluding hydrogens is 474 g/mol. The molecule has 0 radical (unpaired) electrons. The van der Waals surface area contributed by atoms with Crippen LogP contribution in [0.1, 0.15) is 5.76 Å². The molecule has 0 amide bonds. The van der Waals surface area contributed by atoms with Crippen LogP contribution in [0.4, 0.5) is 0 Å². The van der Waals surface area contributed by atoms with E-state index >= 15 is 0 Å². The molecule has 3 heterocycles. The average molecular weight is 485 g/mol. The van der Waals surface area contributed by atoms with E-state index in [1.807, 2.05) is 54.6 Å². The fourth-order valence-corrected chi connectivity index (χ4v) is 4.30. The molecule has 0 saturated heterocycles. The van der Waals surface area contributed by atoms with Crippen molar-refractivity contribution in [3.05, 3.63) is 90.8 Å². The molecule has 0 aliphatic carbocycles. The molecule has 0 unspecified atom stereocenters. The zero-order valence-electron chi connectivity index (χ0n) is 14.7. The van der Waals surface area contributed by atoms with Gasteiger partial charge < -0.3 is 4.42 Å². The van der Waals surface area contributed by atoms with Gasteiger partial charge in [-0.1, -0.05) is 63.1 Å². The van der Waals surface area contributed by atoms with Crippen LogP contribution in [0.2, 0.25) is 5.02 Å². The van der Waals surface area contributed by atoms with Crippen LogP contribution in [-0.4, -0.2) is 14.6 Å². The quantitative estimate of drug-likeness (QED) is 0.360. The summed E-state index contributed by atoms with van der Waals surface area (Å²) >= 11 is 10.9. The Morgan fingerprint density at radius 3 is 2.62 bits per heavy atom. The van der Waals surface area contributed by atoms with Gasteiger partial charge in [0.25, 0.3) is 5.56 Å². The first-order valence-corrected chi connectivity index (χ1v) is 10.6. The molecular formula is C21H11BrClN3O2S. The van der Waals surface area contributed by atoms with Gasteiger partial charge in [-0.25, -0.2) is 0 Å². The number of hydrogen-bond donors (Lipinski definition) is 0. The lowest BCUT2D eigenvalue weighted by atomic mass is 10.2. The van der Waals surface area contributed by atoms with E-state index in [0.717, 1.165) is 15.6 Å². The second-order valence-corrected chi connectivity index (χ2v) is 8.57. The summed E-state index contributed by atoms with van der Waals surface area (Å²) in [7, 11) is 0. The Morgan fingerprint density at radius 1 is 1.07 bits per heavy atom. The van der Waals surface area contributed by atoms with Crippen molar-refractivity contribution in [3.63, 3.8) is 0 Å². The van der Waals surface area contributed by atoms with E-state index < -0.39 is 0 Å². The van der Waals surface area contributed by atoms with E-state index in [4.69, 9.17) is 16.0 Å². The molecule has 5 rings (SSSR count). The van der Waals surface area contributed by atoms with Crippen LogP contribution in [0.3, 0.4) is 0 Å². The molecule has 8 heteroatoms. The van der Waals surface area contributed by atoms with Crippen LogP contribution in [-0.2, 0) is 0 Å². The summed E-state index contributed by atoms with van der Waals surface area (Å²) < 4.78 is 8.66. The first kappa shape index (κ1) is 18.3. The minimum absolute atomic E-state index is 0.225. The standard InChI is InChI=1S/C21H11BrClN3O2S/c22-13-7-5-12(6-8-13)19-24-21-26(25-19)20(27)18(29-21)11-14-9-10-17(28-14)15-3-1-2-4-16(15)23/h1-11H/b18-11-. The van der Waals surface area contributed by atoms with Gasteiger partial charge in [0.2, 0.25) is 4.96 Å². The lowest BCUT2D eigenvalue weighted by molar-refractivity contribution is 0.571. The Balaban J connectivity index is 1.53. The number of furan rings is 1. The molecule has 2 aromatic carbocycles. The maximum Gasteiger partial charge on any atom is 0.291 e. The largest absolute Gasteiger partial charge is 0.457 e. The van der Waals surface area contributed by atoms with Gasteiger partial charge in [0, 0.05) is 21.7 Å². The fourth-order valence-electron chi connectivity index (χ4n) is 2.92. The van der Waals surface area contributed by atoms with E-state index in [0.29, 0.717) is 31.9 Å². The number of halogens is 2. The highest BCUT2D eigenvalue weighted by molar-refractivity contribution is 9.10. The number of thiazole rings is 1. The van der Waals surface area contributed by atoms with Crippen LogP contribution in [0.15, 0.2) is 74.3 Å². The minimum atomic E-state index is -0.225. The molecule has 0 saturated carbocycles. The molecule has 0 N–H and O–H groups in total. The molecule has 5 nitrogen and oxygen atoms in total. The number of rotatable bonds is 3. The maximum absolute atomic E-state index is 12.7. The molecule has 0 fully saturated rings. The third-order valence-corrected chi connectivity index (χ3v) is 6.14. The molecule has 3 aromatic heterocycles. The van der Waals surface area contributed by atoms with Crippen molar-refractivity contribution in [2.24, 2.45) is 0 Å². The van der Waals surface area contributed by atoms with Crippen molar-refractivity contribution in [3.8, 4) is 22.7 Å². The zero-order valence-corrected chi connectivity index (χ0v) is 17.8. The highest BCUT2D eigenvalue weighted by atomic mass is 79.9. The van der Waals surface area contributed by atoms with Gasteiger partial charge in [0.1, 0.15) is 16.1 Å². The van der Waals surface area contributed by atoms with Crippen molar-refractivity contribution < 1.29 is 4.42 Å². The predicted octanol–water partition coefficient (Wildman–Crippen LogP) is 5.04. The lowest BCUT2D eigenvalue weighted by Crippen LogP contribution is -2.23. The summed E-state index contributed by atoms with van der Waals surface area (Å²) in [6.45, 7) is 0. The molecule has 5 aromatic rings. The van der Waals surface area contributed by atoms with Crippen LogP contribution in [0.5, 0.6) is 0 Å². The Kier molecular flexibility index (Phi) is 4.58. The summed E-state index contributed by atoms with van der Waals surface area (Å²) in [4.78, 5) is 17.8. The number of hydrogen-bond acceptors (Lipinski definition) is 5. The average Bonchev–Trinajstić information content (AvgIpc) is 3.41. The van der Waals surface area contributed by atoms with Crippen molar-refractivity contribution >= 4 is 49.9 Å². The number of aromatic nitrogens is 3. The molecule has 29 heavy (non-hydrogen) atoms. The molecule has 0 aliphatic rings. The van der Waals surface area contributed by atoms with E-state index in [2.05, 4.69) is 26.0 Å². The van der Waals surface area contributed by atoms with Gasteiger partial charge in [-0.2, -0.15) is 9.50 Å². The monoisotopic (exact) mass is 483 g/mol. The minimum Gasteiger partial charge on any atom is -0.457 e. The van der Waals surface area contributed by atoms with E-state index in [9.17, 15) is 4.79 Å². The zero-order chi connectivity index (χ0) is 20.0. The highest BCUT2D eigenvalue weighted by Crippen LogP contribution is 2.29. The number of fused-ring (bicyclic) bond motifs is 1. The second kappa shape index (κ2) is 7.26. The number of nitrogens with zero attached hydrogens (tertiary/aromatic N) is 3. The summed E-state index contributed by atoms with van der Waals surface area (Å²) in [6, 6.07) is 18.7. The Labute approximate surface area is 182 Å². The maximum atomic E-state index is 12.7. The summed E-state index contributed by atoms with van der Waals surface area (Å²) in [5.41, 5.74) is 1.43. The molecule has 0 bridgehead atoms. The Bertz CT molecular complexity index is 1450. The van der Waals surface area contributed by atoms with Crippen LogP contribution < -0.4 is 10.1 Å². The van der Waals surface area contributed by atoms with E-state index in [1.54, 1.807) is 12.1 Å². The third kappa shape index (κ3) is 3.42. The van der Waals surface area contributed by atoms with Crippen molar-refractivity contribution in [1.82, 2.24) is 14.6 Å².